The van der Waals surface area contributed by atoms with E-state index in [0.717, 1.165) is 0 Å². The van der Waals surface area contributed by atoms with Crippen LogP contribution in [-0.4, -0.2) is 32.6 Å². The lowest BCUT2D eigenvalue weighted by Gasteiger charge is -2.11. The number of rotatable bonds is 3. The molecular formula is C14H14N4O2. The predicted octanol–water partition coefficient (Wildman–Crippen LogP) is 0.640. The second kappa shape index (κ2) is 6.50. The van der Waals surface area contributed by atoms with Crippen molar-refractivity contribution < 1.29 is 9.90 Å². The minimum absolute atomic E-state index is 0.229. The van der Waals surface area contributed by atoms with Gasteiger partial charge >= 0.3 is 0 Å². The molecule has 1 unspecified atom stereocenters. The van der Waals surface area contributed by atoms with Crippen molar-refractivity contribution in [1.82, 2.24) is 20.3 Å². The number of imidazole rings is 1. The number of aliphatic hydroxyl groups is 1. The number of carbonyl (C=O) groups is 1. The molecule has 0 aliphatic heterocycles. The summed E-state index contributed by atoms with van der Waals surface area (Å²) < 4.78 is 0. The SMILES string of the molecule is CC(NC(=O)c1ncccc1C#CCO)c1ncc[nH]1. The Balaban J connectivity index is 2.17. The highest BCUT2D eigenvalue weighted by atomic mass is 16.2. The summed E-state index contributed by atoms with van der Waals surface area (Å²) in [6, 6.07) is 3.11. The quantitative estimate of drug-likeness (QED) is 0.714. The zero-order chi connectivity index (χ0) is 14.4. The van der Waals surface area contributed by atoms with Crippen molar-refractivity contribution in [3.8, 4) is 11.8 Å². The van der Waals surface area contributed by atoms with E-state index < -0.39 is 0 Å². The summed E-state index contributed by atoms with van der Waals surface area (Å²) in [4.78, 5) is 23.2. The lowest BCUT2D eigenvalue weighted by Crippen LogP contribution is -2.28. The number of pyridine rings is 1. The monoisotopic (exact) mass is 270 g/mol. The van der Waals surface area contributed by atoms with Gasteiger partial charge in [-0.2, -0.15) is 0 Å². The van der Waals surface area contributed by atoms with Crippen LogP contribution in [0.25, 0.3) is 0 Å². The van der Waals surface area contributed by atoms with E-state index in [1.807, 2.05) is 6.92 Å². The summed E-state index contributed by atoms with van der Waals surface area (Å²) in [6.45, 7) is 1.55. The predicted molar refractivity (Wildman–Crippen MR) is 72.7 cm³/mol. The number of aromatic nitrogens is 3. The molecule has 2 heterocycles. The fraction of sp³-hybridized carbons (Fsp3) is 0.214. The van der Waals surface area contributed by atoms with Gasteiger partial charge in [-0.25, -0.2) is 9.97 Å². The van der Waals surface area contributed by atoms with Gasteiger partial charge in [0.25, 0.3) is 5.91 Å². The smallest absolute Gasteiger partial charge is 0.271 e. The normalized spacial score (nSPS) is 11.3. The number of carbonyl (C=O) groups excluding carboxylic acids is 1. The number of aliphatic hydroxyl groups excluding tert-OH is 1. The van der Waals surface area contributed by atoms with Crippen LogP contribution in [0.5, 0.6) is 0 Å². The average Bonchev–Trinajstić information content (AvgIpc) is 2.99. The number of hydrogen-bond donors (Lipinski definition) is 3. The number of H-pyrrole nitrogens is 1. The first-order valence-corrected chi connectivity index (χ1v) is 6.07. The molecule has 2 aromatic heterocycles. The highest BCUT2D eigenvalue weighted by molar-refractivity contribution is 5.94. The molecule has 0 aliphatic rings. The third kappa shape index (κ3) is 3.22. The molecule has 0 radical (unpaired) electrons. The zero-order valence-corrected chi connectivity index (χ0v) is 10.9. The first kappa shape index (κ1) is 13.8. The van der Waals surface area contributed by atoms with Crippen LogP contribution in [0.4, 0.5) is 0 Å². The maximum Gasteiger partial charge on any atom is 0.271 e. The van der Waals surface area contributed by atoms with Gasteiger partial charge in [0, 0.05) is 18.6 Å². The minimum Gasteiger partial charge on any atom is -0.384 e. The molecule has 0 aromatic carbocycles. The molecule has 0 fully saturated rings. The molecule has 1 amide bonds. The van der Waals surface area contributed by atoms with E-state index in [0.29, 0.717) is 11.4 Å². The molecule has 2 aromatic rings. The van der Waals surface area contributed by atoms with Crippen molar-refractivity contribution in [3.05, 3.63) is 47.8 Å². The van der Waals surface area contributed by atoms with Crippen LogP contribution in [0.3, 0.4) is 0 Å². The molecule has 102 valence electrons. The topological polar surface area (TPSA) is 90.9 Å². The van der Waals surface area contributed by atoms with Gasteiger partial charge in [-0.1, -0.05) is 11.8 Å². The Kier molecular flexibility index (Phi) is 4.47. The van der Waals surface area contributed by atoms with Crippen LogP contribution < -0.4 is 5.32 Å². The van der Waals surface area contributed by atoms with Crippen molar-refractivity contribution in [3.63, 3.8) is 0 Å². The fourth-order valence-corrected chi connectivity index (χ4v) is 1.67. The van der Waals surface area contributed by atoms with Crippen molar-refractivity contribution >= 4 is 5.91 Å². The molecule has 3 N–H and O–H groups in total. The number of aromatic amines is 1. The van der Waals surface area contributed by atoms with E-state index in [2.05, 4.69) is 32.1 Å². The lowest BCUT2D eigenvalue weighted by molar-refractivity contribution is 0.0933. The van der Waals surface area contributed by atoms with E-state index in [-0.39, 0.29) is 24.2 Å². The summed E-state index contributed by atoms with van der Waals surface area (Å²) in [7, 11) is 0. The number of nitrogens with one attached hydrogen (secondary N) is 2. The Labute approximate surface area is 116 Å². The minimum atomic E-state index is -0.336. The maximum absolute atomic E-state index is 12.2. The van der Waals surface area contributed by atoms with Crippen molar-refractivity contribution in [2.75, 3.05) is 6.61 Å². The summed E-state index contributed by atoms with van der Waals surface area (Å²) in [5.41, 5.74) is 0.706. The van der Waals surface area contributed by atoms with Gasteiger partial charge in [0.1, 0.15) is 18.1 Å². The molecule has 0 spiro atoms. The Bertz CT molecular complexity index is 641. The van der Waals surface area contributed by atoms with Crippen LogP contribution in [0.15, 0.2) is 30.7 Å². The molecule has 0 saturated heterocycles. The average molecular weight is 270 g/mol. The second-order valence-electron chi connectivity index (χ2n) is 4.03. The van der Waals surface area contributed by atoms with Gasteiger partial charge < -0.3 is 15.4 Å². The molecule has 6 nitrogen and oxygen atoms in total. The molecule has 2 rings (SSSR count). The molecule has 0 saturated carbocycles. The van der Waals surface area contributed by atoms with E-state index >= 15 is 0 Å². The van der Waals surface area contributed by atoms with E-state index in [1.54, 1.807) is 24.5 Å². The van der Waals surface area contributed by atoms with Gasteiger partial charge in [0.2, 0.25) is 0 Å². The van der Waals surface area contributed by atoms with Gasteiger partial charge in [0.15, 0.2) is 0 Å². The second-order valence-corrected chi connectivity index (χ2v) is 4.03. The number of nitrogens with zero attached hydrogens (tertiary/aromatic N) is 2. The van der Waals surface area contributed by atoms with Crippen LogP contribution >= 0.6 is 0 Å². The van der Waals surface area contributed by atoms with Crippen LogP contribution in [-0.2, 0) is 0 Å². The van der Waals surface area contributed by atoms with Crippen molar-refractivity contribution in [2.24, 2.45) is 0 Å². The van der Waals surface area contributed by atoms with Gasteiger partial charge in [-0.05, 0) is 19.1 Å². The fourth-order valence-electron chi connectivity index (χ4n) is 1.67. The Morgan fingerprint density at radius 2 is 2.35 bits per heavy atom. The first-order chi connectivity index (χ1) is 9.72. The molecular weight excluding hydrogens is 256 g/mol. The molecule has 6 heteroatoms. The maximum atomic E-state index is 12.2. The van der Waals surface area contributed by atoms with E-state index in [9.17, 15) is 4.79 Å². The standard InChI is InChI=1S/C14H14N4O2/c1-10(13-16-7-8-17-13)18-14(20)12-11(5-3-9-19)4-2-6-15-12/h2,4,6-8,10,19H,9H2,1H3,(H,16,17)(H,18,20). The third-order valence-electron chi connectivity index (χ3n) is 2.60. The van der Waals surface area contributed by atoms with E-state index in [1.165, 1.54) is 6.20 Å². The Hall–Kier alpha value is -2.65. The summed E-state index contributed by atoms with van der Waals surface area (Å²) in [5, 5.41) is 11.5. The van der Waals surface area contributed by atoms with E-state index in [4.69, 9.17) is 5.11 Å². The van der Waals surface area contributed by atoms with Crippen LogP contribution in [0, 0.1) is 11.8 Å². The Morgan fingerprint density at radius 3 is 3.05 bits per heavy atom. The van der Waals surface area contributed by atoms with Gasteiger partial charge in [0.05, 0.1) is 11.6 Å². The molecule has 20 heavy (non-hydrogen) atoms. The summed E-state index contributed by atoms with van der Waals surface area (Å²) >= 11 is 0. The number of hydrogen-bond acceptors (Lipinski definition) is 4. The summed E-state index contributed by atoms with van der Waals surface area (Å²) in [6.07, 6.45) is 4.84. The largest absolute Gasteiger partial charge is 0.384 e. The van der Waals surface area contributed by atoms with Crippen molar-refractivity contribution in [2.45, 2.75) is 13.0 Å². The van der Waals surface area contributed by atoms with Crippen LogP contribution in [0.1, 0.15) is 34.8 Å². The lowest BCUT2D eigenvalue weighted by atomic mass is 10.1. The third-order valence-corrected chi connectivity index (χ3v) is 2.60. The highest BCUT2D eigenvalue weighted by Gasteiger charge is 2.16. The highest BCUT2D eigenvalue weighted by Crippen LogP contribution is 2.09. The molecule has 0 aliphatic carbocycles. The van der Waals surface area contributed by atoms with Crippen LogP contribution in [0.2, 0.25) is 0 Å². The molecule has 0 bridgehead atoms. The molecule has 1 atom stereocenters. The van der Waals surface area contributed by atoms with Gasteiger partial charge in [-0.3, -0.25) is 4.79 Å². The van der Waals surface area contributed by atoms with Crippen molar-refractivity contribution in [1.29, 1.82) is 0 Å². The first-order valence-electron chi connectivity index (χ1n) is 6.07. The summed E-state index contributed by atoms with van der Waals surface area (Å²) in [5.74, 6) is 5.54. The zero-order valence-electron chi connectivity index (χ0n) is 10.9. The van der Waals surface area contributed by atoms with Gasteiger partial charge in [-0.15, -0.1) is 0 Å². The Morgan fingerprint density at radius 1 is 1.50 bits per heavy atom. The number of amides is 1.